The number of carbonyl (C=O) groups is 2. The van der Waals surface area contributed by atoms with Gasteiger partial charge in [0.2, 0.25) is 0 Å². The van der Waals surface area contributed by atoms with Crippen molar-refractivity contribution in [3.8, 4) is 0 Å². The van der Waals surface area contributed by atoms with Crippen molar-refractivity contribution in [2.45, 2.75) is 26.2 Å². The van der Waals surface area contributed by atoms with Crippen LogP contribution in [0.2, 0.25) is 0 Å². The van der Waals surface area contributed by atoms with E-state index in [2.05, 4.69) is 4.74 Å². The van der Waals surface area contributed by atoms with E-state index in [0.717, 1.165) is 5.56 Å². The summed E-state index contributed by atoms with van der Waals surface area (Å²) in [4.78, 5) is 32.3. The summed E-state index contributed by atoms with van der Waals surface area (Å²) in [5.41, 5.74) is 0.960. The summed E-state index contributed by atoms with van der Waals surface area (Å²) < 4.78 is 9.52. The molecule has 0 unspecified atom stereocenters. The van der Waals surface area contributed by atoms with Gasteiger partial charge >= 0.3 is 11.9 Å². The molecule has 0 amide bonds. The molecule has 0 atom stereocenters. The van der Waals surface area contributed by atoms with Gasteiger partial charge in [0.15, 0.2) is 0 Å². The van der Waals surface area contributed by atoms with Gasteiger partial charge in [-0.2, -0.15) is 0 Å². The number of ether oxygens (including phenoxy) is 2. The third-order valence-electron chi connectivity index (χ3n) is 2.61. The van der Waals surface area contributed by atoms with E-state index in [1.54, 1.807) is 19.1 Å². The molecule has 0 spiro atoms. The molecular weight excluding hydrogens is 278 g/mol. The zero-order valence-corrected chi connectivity index (χ0v) is 11.7. The van der Waals surface area contributed by atoms with Crippen LogP contribution < -0.4 is 0 Å². The number of nitro benzene ring substituents is 1. The second-order valence-electron chi connectivity index (χ2n) is 4.23. The summed E-state index contributed by atoms with van der Waals surface area (Å²) in [6, 6.07) is 6.20. The molecule has 1 rings (SSSR count). The first-order valence-electron chi connectivity index (χ1n) is 6.57. The summed E-state index contributed by atoms with van der Waals surface area (Å²) in [5, 5.41) is 10.5. The molecule has 0 saturated heterocycles. The Bertz CT molecular complexity index is 497. The molecule has 0 saturated carbocycles. The van der Waals surface area contributed by atoms with Gasteiger partial charge in [-0.15, -0.1) is 0 Å². The van der Waals surface area contributed by atoms with E-state index in [4.69, 9.17) is 4.74 Å². The fraction of sp³-hybridized carbons (Fsp3) is 0.429. The van der Waals surface area contributed by atoms with Crippen molar-refractivity contribution in [3.63, 3.8) is 0 Å². The lowest BCUT2D eigenvalue weighted by Gasteiger charge is -2.05. The fourth-order valence-corrected chi connectivity index (χ4v) is 1.63. The summed E-state index contributed by atoms with van der Waals surface area (Å²) >= 11 is 0. The monoisotopic (exact) mass is 295 g/mol. The van der Waals surface area contributed by atoms with Crippen LogP contribution in [0.5, 0.6) is 0 Å². The molecular formula is C14H17NO6. The average molecular weight is 295 g/mol. The molecule has 7 heteroatoms. The van der Waals surface area contributed by atoms with E-state index < -0.39 is 16.9 Å². The summed E-state index contributed by atoms with van der Waals surface area (Å²) in [5.74, 6) is -1.21. The molecule has 0 aromatic heterocycles. The molecule has 0 bridgehead atoms. The van der Waals surface area contributed by atoms with Gasteiger partial charge in [0.1, 0.15) is 6.42 Å². The van der Waals surface area contributed by atoms with Crippen LogP contribution in [0, 0.1) is 10.1 Å². The van der Waals surface area contributed by atoms with Gasteiger partial charge in [-0.1, -0.05) is 12.1 Å². The van der Waals surface area contributed by atoms with E-state index in [1.807, 2.05) is 0 Å². The summed E-state index contributed by atoms with van der Waals surface area (Å²) in [6.45, 7) is 2.08. The largest absolute Gasteiger partial charge is 0.466 e. The van der Waals surface area contributed by atoms with Crippen LogP contribution in [0.3, 0.4) is 0 Å². The Hall–Kier alpha value is -2.44. The Morgan fingerprint density at radius 1 is 1.14 bits per heavy atom. The third kappa shape index (κ3) is 6.51. The van der Waals surface area contributed by atoms with Crippen molar-refractivity contribution >= 4 is 17.6 Å². The molecule has 1 aromatic rings. The van der Waals surface area contributed by atoms with Crippen LogP contribution >= 0.6 is 0 Å². The lowest BCUT2D eigenvalue weighted by atomic mass is 10.1. The maximum Gasteiger partial charge on any atom is 0.317 e. The van der Waals surface area contributed by atoms with Gasteiger partial charge in [0.25, 0.3) is 5.69 Å². The van der Waals surface area contributed by atoms with Gasteiger partial charge in [0.05, 0.1) is 18.1 Å². The molecule has 0 aliphatic heterocycles. The first-order valence-corrected chi connectivity index (χ1v) is 6.57. The standard InChI is InChI=1S/C14H17NO6/c1-2-20-13(16)10-14(17)21-9-3-4-11-5-7-12(8-6-11)15(18)19/h5-8H,2-4,9-10H2,1H3. The molecule has 0 radical (unpaired) electrons. The van der Waals surface area contributed by atoms with E-state index in [0.29, 0.717) is 12.8 Å². The van der Waals surface area contributed by atoms with Crippen LogP contribution in [0.4, 0.5) is 5.69 Å². The fourth-order valence-electron chi connectivity index (χ4n) is 1.63. The summed E-state index contributed by atoms with van der Waals surface area (Å²) in [6.07, 6.45) is 0.822. The van der Waals surface area contributed by atoms with E-state index in [1.165, 1.54) is 12.1 Å². The quantitative estimate of drug-likeness (QED) is 0.239. The predicted octanol–water partition coefficient (Wildman–Crippen LogP) is 2.02. The molecule has 21 heavy (non-hydrogen) atoms. The topological polar surface area (TPSA) is 95.7 Å². The van der Waals surface area contributed by atoms with E-state index in [-0.39, 0.29) is 25.3 Å². The highest BCUT2D eigenvalue weighted by Gasteiger charge is 2.11. The zero-order valence-electron chi connectivity index (χ0n) is 11.7. The second-order valence-corrected chi connectivity index (χ2v) is 4.23. The number of non-ortho nitro benzene ring substituents is 1. The number of nitro groups is 1. The van der Waals surface area contributed by atoms with Crippen molar-refractivity contribution in [1.29, 1.82) is 0 Å². The van der Waals surface area contributed by atoms with Crippen molar-refractivity contribution in [2.75, 3.05) is 13.2 Å². The first kappa shape index (κ1) is 16.6. The maximum atomic E-state index is 11.3. The first-order chi connectivity index (χ1) is 10.0. The van der Waals surface area contributed by atoms with Gasteiger partial charge in [0, 0.05) is 12.1 Å². The van der Waals surface area contributed by atoms with Crippen molar-refractivity contribution in [1.82, 2.24) is 0 Å². The van der Waals surface area contributed by atoms with Crippen LogP contribution in [0.25, 0.3) is 0 Å². The lowest BCUT2D eigenvalue weighted by molar-refractivity contribution is -0.384. The normalized spacial score (nSPS) is 9.95. The molecule has 0 fully saturated rings. The third-order valence-corrected chi connectivity index (χ3v) is 2.61. The second kappa shape index (κ2) is 8.68. The Balaban J connectivity index is 2.23. The lowest BCUT2D eigenvalue weighted by Crippen LogP contribution is -2.14. The minimum absolute atomic E-state index is 0.0413. The Morgan fingerprint density at radius 2 is 1.76 bits per heavy atom. The highest BCUT2D eigenvalue weighted by atomic mass is 16.6. The number of nitrogens with zero attached hydrogens (tertiary/aromatic N) is 1. The van der Waals surface area contributed by atoms with Crippen LogP contribution in [0.15, 0.2) is 24.3 Å². The molecule has 1 aromatic carbocycles. The van der Waals surface area contributed by atoms with Crippen molar-refractivity contribution in [2.24, 2.45) is 0 Å². The number of hydrogen-bond donors (Lipinski definition) is 0. The van der Waals surface area contributed by atoms with Crippen LogP contribution in [-0.4, -0.2) is 30.1 Å². The maximum absolute atomic E-state index is 11.3. The number of rotatable bonds is 8. The molecule has 0 aliphatic carbocycles. The number of carbonyl (C=O) groups excluding carboxylic acids is 2. The number of benzene rings is 1. The Morgan fingerprint density at radius 3 is 2.33 bits per heavy atom. The number of esters is 2. The highest BCUT2D eigenvalue weighted by molar-refractivity contribution is 5.91. The highest BCUT2D eigenvalue weighted by Crippen LogP contribution is 2.13. The van der Waals surface area contributed by atoms with Gasteiger partial charge < -0.3 is 9.47 Å². The minimum Gasteiger partial charge on any atom is -0.466 e. The van der Waals surface area contributed by atoms with Gasteiger partial charge in [-0.25, -0.2) is 0 Å². The smallest absolute Gasteiger partial charge is 0.317 e. The van der Waals surface area contributed by atoms with E-state index >= 15 is 0 Å². The minimum atomic E-state index is -0.614. The van der Waals surface area contributed by atoms with Crippen LogP contribution in [-0.2, 0) is 25.5 Å². The molecule has 7 nitrogen and oxygen atoms in total. The zero-order chi connectivity index (χ0) is 15.7. The Kier molecular flexibility index (Phi) is 6.86. The molecule has 114 valence electrons. The molecule has 0 heterocycles. The van der Waals surface area contributed by atoms with Crippen molar-refractivity contribution < 1.29 is 24.0 Å². The summed E-state index contributed by atoms with van der Waals surface area (Å²) in [7, 11) is 0. The van der Waals surface area contributed by atoms with Crippen LogP contribution in [0.1, 0.15) is 25.3 Å². The van der Waals surface area contributed by atoms with Crippen molar-refractivity contribution in [3.05, 3.63) is 39.9 Å². The average Bonchev–Trinajstić information content (AvgIpc) is 2.44. The molecule has 0 N–H and O–H groups in total. The van der Waals surface area contributed by atoms with Gasteiger partial charge in [-0.05, 0) is 25.3 Å². The number of aryl methyl sites for hydroxylation is 1. The van der Waals surface area contributed by atoms with Gasteiger partial charge in [-0.3, -0.25) is 19.7 Å². The predicted molar refractivity (Wildman–Crippen MR) is 73.6 cm³/mol. The molecule has 0 aliphatic rings. The SMILES string of the molecule is CCOC(=O)CC(=O)OCCCc1ccc([N+](=O)[O-])cc1. The van der Waals surface area contributed by atoms with E-state index in [9.17, 15) is 19.7 Å². The number of hydrogen-bond acceptors (Lipinski definition) is 6. The Labute approximate surface area is 122 Å².